The van der Waals surface area contributed by atoms with Crippen LogP contribution in [0.3, 0.4) is 0 Å². The Bertz CT molecular complexity index is 932. The molecule has 0 spiro atoms. The standard InChI is InChI=1S/C21H29F3N6O2/c1-13-8-14(2)11-29(10-13)20(3,4)12-25-19(31)15-9-26-30(18(15)21(22,23)24)16-6-7-17(32-5)28-27-16/h6-7,9,13-14H,8,10-12H2,1-5H3,(H,25,31). The minimum Gasteiger partial charge on any atom is -0.480 e. The molecule has 1 amide bonds. The van der Waals surface area contributed by atoms with Gasteiger partial charge in [-0.15, -0.1) is 10.2 Å². The Kier molecular flexibility index (Phi) is 6.77. The SMILES string of the molecule is COc1ccc(-n2ncc(C(=O)NCC(C)(C)N3CC(C)CC(C)C3)c2C(F)(F)F)nn1. The maximum Gasteiger partial charge on any atom is 0.434 e. The number of likely N-dealkylation sites (tertiary alicyclic amines) is 1. The van der Waals surface area contributed by atoms with Gasteiger partial charge in [0.2, 0.25) is 5.88 Å². The third-order valence-corrected chi connectivity index (χ3v) is 5.74. The number of nitrogens with one attached hydrogen (secondary N) is 1. The van der Waals surface area contributed by atoms with Crippen LogP contribution < -0.4 is 10.1 Å². The minimum absolute atomic E-state index is 0.149. The highest BCUT2D eigenvalue weighted by molar-refractivity contribution is 5.95. The van der Waals surface area contributed by atoms with Gasteiger partial charge in [-0.05, 0) is 38.2 Å². The Morgan fingerprint density at radius 2 is 1.84 bits per heavy atom. The van der Waals surface area contributed by atoms with E-state index in [0.29, 0.717) is 16.5 Å². The molecule has 0 saturated carbocycles. The van der Waals surface area contributed by atoms with E-state index in [2.05, 4.69) is 39.4 Å². The van der Waals surface area contributed by atoms with Gasteiger partial charge in [-0.1, -0.05) is 13.8 Å². The summed E-state index contributed by atoms with van der Waals surface area (Å²) in [6, 6.07) is 2.66. The first-order valence-corrected chi connectivity index (χ1v) is 10.5. The van der Waals surface area contributed by atoms with Crippen molar-refractivity contribution >= 4 is 5.91 Å². The van der Waals surface area contributed by atoms with E-state index < -0.39 is 28.9 Å². The number of piperidine rings is 1. The monoisotopic (exact) mass is 454 g/mol. The van der Waals surface area contributed by atoms with Gasteiger partial charge in [0.1, 0.15) is 0 Å². The predicted octanol–water partition coefficient (Wildman–Crippen LogP) is 3.18. The summed E-state index contributed by atoms with van der Waals surface area (Å²) in [4.78, 5) is 15.1. The second-order valence-electron chi connectivity index (χ2n) is 9.10. The van der Waals surface area contributed by atoms with Crippen molar-refractivity contribution in [3.8, 4) is 11.7 Å². The second-order valence-corrected chi connectivity index (χ2v) is 9.10. The summed E-state index contributed by atoms with van der Waals surface area (Å²) in [5, 5.41) is 13.8. The Balaban J connectivity index is 1.81. The lowest BCUT2D eigenvalue weighted by Crippen LogP contribution is -2.56. The molecule has 2 unspecified atom stereocenters. The smallest absolute Gasteiger partial charge is 0.434 e. The first-order chi connectivity index (χ1) is 14.9. The number of alkyl halides is 3. The van der Waals surface area contributed by atoms with Crippen LogP contribution in [-0.4, -0.2) is 63.1 Å². The largest absolute Gasteiger partial charge is 0.480 e. The molecule has 0 aromatic carbocycles. The summed E-state index contributed by atoms with van der Waals surface area (Å²) < 4.78 is 47.0. The lowest BCUT2D eigenvalue weighted by atomic mass is 9.88. The first kappa shape index (κ1) is 24.0. The molecule has 1 fully saturated rings. The number of ether oxygens (including phenoxy) is 1. The number of rotatable bonds is 6. The van der Waals surface area contributed by atoms with Gasteiger partial charge in [0.05, 0.1) is 18.9 Å². The van der Waals surface area contributed by atoms with E-state index >= 15 is 0 Å². The summed E-state index contributed by atoms with van der Waals surface area (Å²) in [6.07, 6.45) is -2.78. The molecule has 176 valence electrons. The maximum absolute atomic E-state index is 13.9. The number of hydrogen-bond donors (Lipinski definition) is 1. The molecule has 2 aromatic heterocycles. The van der Waals surface area contributed by atoms with E-state index in [-0.39, 0.29) is 18.2 Å². The second kappa shape index (κ2) is 9.05. The van der Waals surface area contributed by atoms with Gasteiger partial charge in [-0.25, -0.2) is 4.68 Å². The van der Waals surface area contributed by atoms with Crippen LogP contribution in [0.2, 0.25) is 0 Å². The molecule has 11 heteroatoms. The van der Waals surface area contributed by atoms with Gasteiger partial charge in [0.15, 0.2) is 11.5 Å². The van der Waals surface area contributed by atoms with Gasteiger partial charge >= 0.3 is 6.18 Å². The van der Waals surface area contributed by atoms with Crippen molar-refractivity contribution in [1.82, 2.24) is 30.2 Å². The molecule has 1 aliphatic rings. The fraction of sp³-hybridized carbons (Fsp3) is 0.619. The van der Waals surface area contributed by atoms with Crippen LogP contribution in [0.25, 0.3) is 5.82 Å². The zero-order valence-corrected chi connectivity index (χ0v) is 18.9. The average molecular weight is 454 g/mol. The van der Waals surface area contributed by atoms with Crippen LogP contribution in [0.15, 0.2) is 18.3 Å². The molecule has 1 N–H and O–H groups in total. The summed E-state index contributed by atoms with van der Waals surface area (Å²) in [5.41, 5.74) is -2.17. The molecule has 32 heavy (non-hydrogen) atoms. The van der Waals surface area contributed by atoms with E-state index in [1.54, 1.807) is 0 Å². The lowest BCUT2D eigenvalue weighted by molar-refractivity contribution is -0.143. The highest BCUT2D eigenvalue weighted by Gasteiger charge is 2.41. The number of nitrogens with zero attached hydrogens (tertiary/aromatic N) is 5. The molecule has 3 heterocycles. The number of hydrogen-bond acceptors (Lipinski definition) is 6. The van der Waals surface area contributed by atoms with Crippen LogP contribution in [0.1, 0.15) is 50.2 Å². The van der Waals surface area contributed by atoms with Crippen molar-refractivity contribution in [1.29, 1.82) is 0 Å². The Hall–Kier alpha value is -2.69. The summed E-state index contributed by atoms with van der Waals surface area (Å²) >= 11 is 0. The fourth-order valence-electron chi connectivity index (χ4n) is 4.16. The molecule has 0 radical (unpaired) electrons. The van der Waals surface area contributed by atoms with Crippen LogP contribution in [0, 0.1) is 11.8 Å². The van der Waals surface area contributed by atoms with Crippen molar-refractivity contribution in [2.75, 3.05) is 26.7 Å². The molecule has 3 rings (SSSR count). The minimum atomic E-state index is -4.82. The third kappa shape index (κ3) is 5.20. The molecule has 1 saturated heterocycles. The number of amides is 1. The molecular formula is C21H29F3N6O2. The quantitative estimate of drug-likeness (QED) is 0.722. The van der Waals surface area contributed by atoms with Crippen molar-refractivity contribution in [2.24, 2.45) is 11.8 Å². The summed E-state index contributed by atoms with van der Waals surface area (Å²) in [7, 11) is 1.37. The third-order valence-electron chi connectivity index (χ3n) is 5.74. The van der Waals surface area contributed by atoms with Gasteiger partial charge in [-0.3, -0.25) is 9.69 Å². The van der Waals surface area contributed by atoms with Gasteiger partial charge < -0.3 is 10.1 Å². The van der Waals surface area contributed by atoms with E-state index in [1.807, 2.05) is 13.8 Å². The highest BCUT2D eigenvalue weighted by atomic mass is 19.4. The predicted molar refractivity (Wildman–Crippen MR) is 112 cm³/mol. The number of carbonyl (C=O) groups excluding carboxylic acids is 1. The molecule has 2 aromatic rings. The average Bonchev–Trinajstić information content (AvgIpc) is 3.17. The Labute approximate surface area is 185 Å². The Morgan fingerprint density at radius 3 is 2.38 bits per heavy atom. The zero-order valence-electron chi connectivity index (χ0n) is 18.9. The topological polar surface area (TPSA) is 85.2 Å². The van der Waals surface area contributed by atoms with Crippen LogP contribution in [0.4, 0.5) is 13.2 Å². The summed E-state index contributed by atoms with van der Waals surface area (Å²) in [6.45, 7) is 10.3. The van der Waals surface area contributed by atoms with Gasteiger partial charge in [0, 0.05) is 31.2 Å². The van der Waals surface area contributed by atoms with Crippen LogP contribution >= 0.6 is 0 Å². The van der Waals surface area contributed by atoms with Gasteiger partial charge in [-0.2, -0.15) is 18.3 Å². The van der Waals surface area contributed by atoms with Crippen molar-refractivity contribution in [3.05, 3.63) is 29.6 Å². The molecule has 0 bridgehead atoms. The Morgan fingerprint density at radius 1 is 1.19 bits per heavy atom. The van der Waals surface area contributed by atoms with E-state index in [4.69, 9.17) is 4.74 Å². The first-order valence-electron chi connectivity index (χ1n) is 10.5. The number of carbonyl (C=O) groups is 1. The van der Waals surface area contributed by atoms with Crippen molar-refractivity contribution in [2.45, 2.75) is 45.8 Å². The van der Waals surface area contributed by atoms with E-state index in [1.165, 1.54) is 19.2 Å². The molecule has 2 atom stereocenters. The molecular weight excluding hydrogens is 425 g/mol. The maximum atomic E-state index is 13.9. The highest BCUT2D eigenvalue weighted by Crippen LogP contribution is 2.33. The number of methoxy groups -OCH3 is 1. The number of halogens is 3. The van der Waals surface area contributed by atoms with Gasteiger partial charge in [0.25, 0.3) is 5.91 Å². The van der Waals surface area contributed by atoms with E-state index in [0.717, 1.165) is 25.7 Å². The van der Waals surface area contributed by atoms with Crippen molar-refractivity contribution < 1.29 is 22.7 Å². The number of aromatic nitrogens is 4. The lowest BCUT2D eigenvalue weighted by Gasteiger charge is -2.45. The fourth-order valence-corrected chi connectivity index (χ4v) is 4.16. The zero-order chi connectivity index (χ0) is 23.7. The summed E-state index contributed by atoms with van der Waals surface area (Å²) in [5.74, 6) is 0.185. The molecule has 0 aliphatic carbocycles. The normalized spacial score (nSPS) is 20.2. The van der Waals surface area contributed by atoms with Crippen LogP contribution in [-0.2, 0) is 6.18 Å². The molecule has 8 nitrogen and oxygen atoms in total. The van der Waals surface area contributed by atoms with Crippen molar-refractivity contribution in [3.63, 3.8) is 0 Å². The van der Waals surface area contributed by atoms with E-state index in [9.17, 15) is 18.0 Å². The molecule has 1 aliphatic heterocycles. The van der Waals surface area contributed by atoms with Crippen LogP contribution in [0.5, 0.6) is 5.88 Å².